The van der Waals surface area contributed by atoms with Crippen LogP contribution in [0.1, 0.15) is 22.4 Å². The van der Waals surface area contributed by atoms with Crippen LogP contribution < -0.4 is 5.32 Å². The first-order chi connectivity index (χ1) is 16.5. The summed E-state index contributed by atoms with van der Waals surface area (Å²) in [7, 11) is 0. The highest BCUT2D eigenvalue weighted by Gasteiger charge is 2.16. The summed E-state index contributed by atoms with van der Waals surface area (Å²) in [5.74, 6) is 0.313. The Morgan fingerprint density at radius 1 is 0.941 bits per heavy atom. The van der Waals surface area contributed by atoms with Gasteiger partial charge in [-0.2, -0.15) is 10.2 Å². The van der Waals surface area contributed by atoms with Crippen molar-refractivity contribution < 1.29 is 4.79 Å². The van der Waals surface area contributed by atoms with Crippen molar-refractivity contribution in [3.63, 3.8) is 0 Å². The van der Waals surface area contributed by atoms with E-state index in [1.54, 1.807) is 16.9 Å². The van der Waals surface area contributed by atoms with E-state index in [2.05, 4.69) is 70.7 Å². The number of fused-ring (bicyclic) bond motifs is 1. The van der Waals surface area contributed by atoms with Gasteiger partial charge in [-0.1, -0.05) is 54.1 Å². The van der Waals surface area contributed by atoms with E-state index in [0.717, 1.165) is 22.2 Å². The maximum atomic E-state index is 12.8. The van der Waals surface area contributed by atoms with Gasteiger partial charge in [-0.05, 0) is 49.1 Å². The van der Waals surface area contributed by atoms with Crippen molar-refractivity contribution in [3.05, 3.63) is 95.4 Å². The van der Waals surface area contributed by atoms with Crippen molar-refractivity contribution >= 4 is 22.8 Å². The molecule has 170 valence electrons. The van der Waals surface area contributed by atoms with Gasteiger partial charge < -0.3 is 5.32 Å². The van der Waals surface area contributed by atoms with Crippen LogP contribution in [0, 0.1) is 20.8 Å². The number of amides is 1. The van der Waals surface area contributed by atoms with Gasteiger partial charge in [0.25, 0.3) is 0 Å². The number of carbonyl (C=O) groups excluding carboxylic acids is 1. The van der Waals surface area contributed by atoms with Crippen LogP contribution in [-0.4, -0.2) is 30.5 Å². The Morgan fingerprint density at radius 3 is 2.53 bits per heavy atom. The Hall–Kier alpha value is -4.26. The molecule has 0 aliphatic rings. The molecule has 5 rings (SSSR count). The molecule has 0 unspecified atom stereocenters. The van der Waals surface area contributed by atoms with Gasteiger partial charge in [0, 0.05) is 23.8 Å². The molecule has 2 aromatic carbocycles. The van der Waals surface area contributed by atoms with E-state index in [1.807, 2.05) is 36.0 Å². The summed E-state index contributed by atoms with van der Waals surface area (Å²) in [6.07, 6.45) is 3.63. The molecule has 0 radical (unpaired) electrons. The van der Waals surface area contributed by atoms with Gasteiger partial charge in [-0.3, -0.25) is 9.48 Å². The predicted molar refractivity (Wildman–Crippen MR) is 134 cm³/mol. The van der Waals surface area contributed by atoms with Crippen LogP contribution in [0.15, 0.2) is 73.1 Å². The van der Waals surface area contributed by atoms with Crippen molar-refractivity contribution in [2.45, 2.75) is 33.9 Å². The fraction of sp³-hybridized carbons (Fsp3) is 0.185. The van der Waals surface area contributed by atoms with E-state index < -0.39 is 0 Å². The zero-order valence-corrected chi connectivity index (χ0v) is 19.5. The number of nitrogens with zero attached hydrogens (tertiary/aromatic N) is 5. The number of nitrogens with one attached hydrogen (secondary N) is 1. The minimum absolute atomic E-state index is 0.0549. The molecule has 34 heavy (non-hydrogen) atoms. The summed E-state index contributed by atoms with van der Waals surface area (Å²) in [5, 5.41) is 12.9. The molecule has 3 heterocycles. The summed E-state index contributed by atoms with van der Waals surface area (Å²) in [5.41, 5.74) is 7.30. The standard InChI is InChI=1S/C27H26N6O/c1-18-8-10-21(11-9-18)23-12-14-28-27-26(23)20(3)30-33(27)17-25(34)29-24-13-15-32(31-24)16-22-7-5-4-6-19(22)2/h4-15H,16-17H2,1-3H3,(H,29,31,34). The van der Waals surface area contributed by atoms with Crippen LogP contribution in [0.4, 0.5) is 5.82 Å². The lowest BCUT2D eigenvalue weighted by Gasteiger charge is -2.07. The Balaban J connectivity index is 1.34. The third-order valence-corrected chi connectivity index (χ3v) is 5.97. The van der Waals surface area contributed by atoms with E-state index in [9.17, 15) is 4.79 Å². The second-order valence-corrected chi connectivity index (χ2v) is 8.54. The van der Waals surface area contributed by atoms with E-state index in [4.69, 9.17) is 0 Å². The Labute approximate surface area is 198 Å². The first-order valence-corrected chi connectivity index (χ1v) is 11.2. The molecule has 0 fully saturated rings. The van der Waals surface area contributed by atoms with Gasteiger partial charge in [0.2, 0.25) is 5.91 Å². The van der Waals surface area contributed by atoms with Crippen molar-refractivity contribution in [1.29, 1.82) is 0 Å². The highest BCUT2D eigenvalue weighted by atomic mass is 16.2. The number of hydrogen-bond acceptors (Lipinski definition) is 4. The van der Waals surface area contributed by atoms with Gasteiger partial charge in [0.05, 0.1) is 12.2 Å². The molecular formula is C27H26N6O. The number of anilines is 1. The number of hydrogen-bond donors (Lipinski definition) is 1. The van der Waals surface area contributed by atoms with E-state index in [0.29, 0.717) is 18.0 Å². The molecule has 7 heteroatoms. The number of benzene rings is 2. The second-order valence-electron chi connectivity index (χ2n) is 8.54. The topological polar surface area (TPSA) is 77.6 Å². The van der Waals surface area contributed by atoms with Gasteiger partial charge in [-0.15, -0.1) is 0 Å². The van der Waals surface area contributed by atoms with Crippen LogP contribution in [0.25, 0.3) is 22.2 Å². The molecule has 0 atom stereocenters. The molecule has 0 saturated carbocycles. The summed E-state index contributed by atoms with van der Waals surface area (Å²) < 4.78 is 3.48. The van der Waals surface area contributed by atoms with Crippen molar-refractivity contribution in [2.24, 2.45) is 0 Å². The average molecular weight is 451 g/mol. The van der Waals surface area contributed by atoms with Crippen LogP contribution in [0.5, 0.6) is 0 Å². The lowest BCUT2D eigenvalue weighted by atomic mass is 10.0. The molecule has 7 nitrogen and oxygen atoms in total. The molecular weight excluding hydrogens is 424 g/mol. The minimum Gasteiger partial charge on any atom is -0.308 e. The van der Waals surface area contributed by atoms with Crippen molar-refractivity contribution in [3.8, 4) is 11.1 Å². The largest absolute Gasteiger partial charge is 0.308 e. The smallest absolute Gasteiger partial charge is 0.247 e. The zero-order chi connectivity index (χ0) is 23.7. The van der Waals surface area contributed by atoms with E-state index in [1.165, 1.54) is 16.7 Å². The van der Waals surface area contributed by atoms with Crippen molar-refractivity contribution in [2.75, 3.05) is 5.32 Å². The number of rotatable bonds is 6. The number of aromatic nitrogens is 5. The molecule has 1 amide bonds. The van der Waals surface area contributed by atoms with Crippen LogP contribution >= 0.6 is 0 Å². The van der Waals surface area contributed by atoms with E-state index >= 15 is 0 Å². The number of carbonyl (C=O) groups is 1. The lowest BCUT2D eigenvalue weighted by molar-refractivity contribution is -0.116. The molecule has 5 aromatic rings. The van der Waals surface area contributed by atoms with Gasteiger partial charge in [0.15, 0.2) is 11.5 Å². The summed E-state index contributed by atoms with van der Waals surface area (Å²) in [6.45, 7) is 6.80. The fourth-order valence-electron chi connectivity index (χ4n) is 4.16. The maximum Gasteiger partial charge on any atom is 0.247 e. The summed E-state index contributed by atoms with van der Waals surface area (Å²) >= 11 is 0. The normalized spacial score (nSPS) is 11.1. The fourth-order valence-corrected chi connectivity index (χ4v) is 4.16. The summed E-state index contributed by atoms with van der Waals surface area (Å²) in [4.78, 5) is 17.3. The van der Waals surface area contributed by atoms with Gasteiger partial charge in [-0.25, -0.2) is 9.67 Å². The monoisotopic (exact) mass is 450 g/mol. The number of aryl methyl sites for hydroxylation is 3. The Kier molecular flexibility index (Phi) is 5.67. The molecule has 0 bridgehead atoms. The molecule has 0 aliphatic heterocycles. The third kappa shape index (κ3) is 4.32. The molecule has 0 aliphatic carbocycles. The molecule has 1 N–H and O–H groups in total. The van der Waals surface area contributed by atoms with E-state index in [-0.39, 0.29) is 12.5 Å². The van der Waals surface area contributed by atoms with Gasteiger partial charge in [0.1, 0.15) is 6.54 Å². The summed E-state index contributed by atoms with van der Waals surface area (Å²) in [6, 6.07) is 20.4. The third-order valence-electron chi connectivity index (χ3n) is 5.97. The maximum absolute atomic E-state index is 12.8. The Morgan fingerprint density at radius 2 is 1.74 bits per heavy atom. The van der Waals surface area contributed by atoms with Crippen LogP contribution in [0.3, 0.4) is 0 Å². The van der Waals surface area contributed by atoms with Gasteiger partial charge >= 0.3 is 0 Å². The molecule has 0 saturated heterocycles. The average Bonchev–Trinajstić information content (AvgIpc) is 3.39. The van der Waals surface area contributed by atoms with Crippen LogP contribution in [-0.2, 0) is 17.9 Å². The van der Waals surface area contributed by atoms with Crippen LogP contribution in [0.2, 0.25) is 0 Å². The molecule has 3 aromatic heterocycles. The highest BCUT2D eigenvalue weighted by molar-refractivity contribution is 5.96. The quantitative estimate of drug-likeness (QED) is 0.399. The lowest BCUT2D eigenvalue weighted by Crippen LogP contribution is -2.20. The first-order valence-electron chi connectivity index (χ1n) is 11.2. The Bertz CT molecular complexity index is 1480. The predicted octanol–water partition coefficient (Wildman–Crippen LogP) is 4.91. The van der Waals surface area contributed by atoms with Crippen molar-refractivity contribution in [1.82, 2.24) is 24.5 Å². The number of pyridine rings is 1. The minimum atomic E-state index is -0.201. The molecule has 0 spiro atoms. The first kappa shape index (κ1) is 21.6. The highest BCUT2D eigenvalue weighted by Crippen LogP contribution is 2.30. The SMILES string of the molecule is Cc1ccc(-c2ccnc3c2c(C)nn3CC(=O)Nc2ccn(Cc3ccccc3C)n2)cc1. The zero-order valence-electron chi connectivity index (χ0n) is 19.5. The second kappa shape index (κ2) is 8.94.